The van der Waals surface area contributed by atoms with Gasteiger partial charge >= 0.3 is 0 Å². The summed E-state index contributed by atoms with van der Waals surface area (Å²) in [5.74, 6) is 2.67. The Hall–Kier alpha value is -0.960. The summed E-state index contributed by atoms with van der Waals surface area (Å²) in [5.41, 5.74) is 0. The third-order valence-corrected chi connectivity index (χ3v) is 2.19. The fourth-order valence-electron chi connectivity index (χ4n) is 0.604. The zero-order valence-corrected chi connectivity index (χ0v) is 8.03. The molecule has 12 heavy (non-hydrogen) atoms. The largest absolute Gasteiger partial charge is 0.454 e. The summed E-state index contributed by atoms with van der Waals surface area (Å²) in [4.78, 5) is 0. The highest BCUT2D eigenvalue weighted by Crippen LogP contribution is 2.23. The average molecular weight is 196 g/mol. The molecule has 0 aliphatic carbocycles. The predicted molar refractivity (Wildman–Crippen MR) is 50.3 cm³/mol. The highest BCUT2D eigenvalue weighted by Gasteiger charge is 1.87. The molecule has 0 N–H and O–H groups in total. The van der Waals surface area contributed by atoms with E-state index in [4.69, 9.17) is 9.79 Å². The molecule has 0 aromatic heterocycles. The standard InChI is InChI=1S/C7H6N2OP2/c8-6-11-9-12-10-7-4-2-1-3-5-7/h1-5,12H. The van der Waals surface area contributed by atoms with Gasteiger partial charge in [0.25, 0.3) is 0 Å². The molecule has 1 rings (SSSR count). The topological polar surface area (TPSA) is 45.4 Å². The number of hydrogen-bond acceptors (Lipinski definition) is 3. The minimum atomic E-state index is 0.00664. The van der Waals surface area contributed by atoms with Gasteiger partial charge in [-0.25, -0.2) is 0 Å². The van der Waals surface area contributed by atoms with Crippen LogP contribution in [0.2, 0.25) is 0 Å². The van der Waals surface area contributed by atoms with Crippen molar-refractivity contribution in [3.05, 3.63) is 30.3 Å². The van der Waals surface area contributed by atoms with Gasteiger partial charge in [0.05, 0.1) is 0 Å². The Kier molecular flexibility index (Phi) is 4.31. The van der Waals surface area contributed by atoms with Gasteiger partial charge in [0.15, 0.2) is 0 Å². The Balaban J connectivity index is 2.35. The van der Waals surface area contributed by atoms with Crippen LogP contribution in [0, 0.1) is 11.1 Å². The van der Waals surface area contributed by atoms with Gasteiger partial charge in [0.2, 0.25) is 8.96 Å². The highest BCUT2D eigenvalue weighted by atomic mass is 31.1. The molecule has 5 heteroatoms. The monoisotopic (exact) mass is 196 g/mol. The molecule has 0 bridgehead atoms. The van der Waals surface area contributed by atoms with Gasteiger partial charge in [-0.05, 0) is 12.1 Å². The minimum absolute atomic E-state index is 0.00664. The van der Waals surface area contributed by atoms with Crippen molar-refractivity contribution in [1.29, 1.82) is 5.26 Å². The number of hydrogen-bond donors (Lipinski definition) is 0. The van der Waals surface area contributed by atoms with Crippen LogP contribution in [0.5, 0.6) is 5.75 Å². The van der Waals surface area contributed by atoms with Crippen LogP contribution >= 0.6 is 17.3 Å². The fraction of sp³-hybridized carbons (Fsp3) is 0. The van der Waals surface area contributed by atoms with Crippen molar-refractivity contribution in [2.45, 2.75) is 0 Å². The van der Waals surface area contributed by atoms with Crippen molar-refractivity contribution in [2.24, 2.45) is 4.52 Å². The zero-order valence-electron chi connectivity index (χ0n) is 6.14. The summed E-state index contributed by atoms with van der Waals surface area (Å²) in [6.07, 6.45) is 0. The maximum absolute atomic E-state index is 8.16. The van der Waals surface area contributed by atoms with E-state index in [-0.39, 0.29) is 8.96 Å². The Morgan fingerprint density at radius 1 is 1.42 bits per heavy atom. The Bertz CT molecular complexity index is 294. The maximum Gasteiger partial charge on any atom is 0.201 e. The van der Waals surface area contributed by atoms with Crippen molar-refractivity contribution < 1.29 is 4.52 Å². The first kappa shape index (κ1) is 9.13. The van der Waals surface area contributed by atoms with Crippen LogP contribution in [0.4, 0.5) is 0 Å². The first-order valence-electron chi connectivity index (χ1n) is 3.19. The second-order valence-electron chi connectivity index (χ2n) is 1.81. The Morgan fingerprint density at radius 3 is 2.83 bits per heavy atom. The van der Waals surface area contributed by atoms with E-state index in [1.54, 1.807) is 0 Å². The molecule has 0 amide bonds. The van der Waals surface area contributed by atoms with E-state index in [0.717, 1.165) is 5.75 Å². The second-order valence-corrected chi connectivity index (χ2v) is 3.39. The van der Waals surface area contributed by atoms with Gasteiger partial charge < -0.3 is 4.52 Å². The molecular weight excluding hydrogens is 190 g/mol. The molecule has 1 unspecified atom stereocenters. The molecule has 60 valence electrons. The van der Waals surface area contributed by atoms with Gasteiger partial charge in [0.1, 0.15) is 19.9 Å². The number of benzene rings is 1. The van der Waals surface area contributed by atoms with Gasteiger partial charge in [-0.3, -0.25) is 0 Å². The van der Waals surface area contributed by atoms with Crippen LogP contribution in [0.3, 0.4) is 0 Å². The first-order valence-corrected chi connectivity index (χ1v) is 4.89. The number of nitrogens with zero attached hydrogens (tertiary/aromatic N) is 2. The number of para-hydroxylation sites is 1. The van der Waals surface area contributed by atoms with Gasteiger partial charge in [-0.2, -0.15) is 9.78 Å². The maximum atomic E-state index is 8.16. The SMILES string of the molecule is N#CP=NPOc1ccccc1. The van der Waals surface area contributed by atoms with E-state index in [0.29, 0.717) is 8.37 Å². The van der Waals surface area contributed by atoms with Gasteiger partial charge in [0, 0.05) is 0 Å². The average Bonchev–Trinajstić information content (AvgIpc) is 2.14. The molecule has 1 atom stereocenters. The Morgan fingerprint density at radius 2 is 2.17 bits per heavy atom. The summed E-state index contributed by atoms with van der Waals surface area (Å²) in [6, 6.07) is 9.40. The molecule has 3 nitrogen and oxygen atoms in total. The van der Waals surface area contributed by atoms with Crippen molar-refractivity contribution in [1.82, 2.24) is 0 Å². The lowest BCUT2D eigenvalue weighted by Gasteiger charge is -1.98. The molecule has 0 saturated heterocycles. The van der Waals surface area contributed by atoms with E-state index >= 15 is 0 Å². The van der Waals surface area contributed by atoms with Crippen LogP contribution in [0.25, 0.3) is 0 Å². The molecule has 0 saturated carbocycles. The van der Waals surface area contributed by atoms with Crippen molar-refractivity contribution in [2.75, 3.05) is 0 Å². The van der Waals surface area contributed by atoms with E-state index in [2.05, 4.69) is 4.52 Å². The minimum Gasteiger partial charge on any atom is -0.454 e. The molecule has 0 radical (unpaired) electrons. The second kappa shape index (κ2) is 5.66. The summed E-state index contributed by atoms with van der Waals surface area (Å²) in [5, 5.41) is 8.16. The quantitative estimate of drug-likeness (QED) is 0.696. The van der Waals surface area contributed by atoms with Crippen molar-refractivity contribution in [3.63, 3.8) is 0 Å². The summed E-state index contributed by atoms with van der Waals surface area (Å²) in [7, 11) is 0.422. The van der Waals surface area contributed by atoms with Crippen molar-refractivity contribution >= 4 is 17.3 Å². The normalized spacial score (nSPS) is 10.6. The molecule has 0 heterocycles. The van der Waals surface area contributed by atoms with Crippen LogP contribution in [0.15, 0.2) is 34.8 Å². The Labute approximate surface area is 74.2 Å². The number of rotatable bonds is 3. The third-order valence-electron chi connectivity index (χ3n) is 1.04. The van der Waals surface area contributed by atoms with Gasteiger partial charge in [-0.15, -0.1) is 0 Å². The van der Waals surface area contributed by atoms with Crippen LogP contribution in [-0.2, 0) is 0 Å². The van der Waals surface area contributed by atoms with Crippen molar-refractivity contribution in [3.8, 4) is 11.6 Å². The summed E-state index contributed by atoms with van der Waals surface area (Å²) >= 11 is 0. The summed E-state index contributed by atoms with van der Waals surface area (Å²) < 4.78 is 9.01. The van der Waals surface area contributed by atoms with E-state index in [9.17, 15) is 0 Å². The lowest BCUT2D eigenvalue weighted by Crippen LogP contribution is -1.72. The zero-order chi connectivity index (χ0) is 8.65. The molecule has 1 aromatic rings. The van der Waals surface area contributed by atoms with E-state index < -0.39 is 0 Å². The molecule has 0 aliphatic rings. The first-order chi connectivity index (χ1) is 5.93. The van der Waals surface area contributed by atoms with E-state index in [1.165, 1.54) is 0 Å². The smallest absolute Gasteiger partial charge is 0.201 e. The van der Waals surface area contributed by atoms with Crippen LogP contribution in [-0.4, -0.2) is 0 Å². The lowest BCUT2D eigenvalue weighted by atomic mass is 10.3. The molecule has 0 spiro atoms. The van der Waals surface area contributed by atoms with E-state index in [1.807, 2.05) is 36.1 Å². The third kappa shape index (κ3) is 3.44. The molecule has 0 aliphatic heterocycles. The summed E-state index contributed by atoms with van der Waals surface area (Å²) in [6.45, 7) is 0. The molecule has 1 aromatic carbocycles. The predicted octanol–water partition coefficient (Wildman–Crippen LogP) is 3.18. The fourth-order valence-corrected chi connectivity index (χ4v) is 1.35. The lowest BCUT2D eigenvalue weighted by molar-refractivity contribution is 0.633. The number of nitriles is 1. The van der Waals surface area contributed by atoms with Crippen LogP contribution in [0.1, 0.15) is 0 Å². The van der Waals surface area contributed by atoms with Crippen LogP contribution < -0.4 is 4.52 Å². The molecular formula is C7H6N2OP2. The van der Waals surface area contributed by atoms with Gasteiger partial charge in [-0.1, -0.05) is 18.2 Å². The molecule has 0 fully saturated rings. The highest BCUT2D eigenvalue weighted by molar-refractivity contribution is 7.44.